The van der Waals surface area contributed by atoms with E-state index in [0.717, 1.165) is 36.0 Å². The molecular formula is C18H20N4S. The number of anilines is 2. The number of aromatic nitrogens is 2. The van der Waals surface area contributed by atoms with Crippen molar-refractivity contribution in [2.45, 2.75) is 19.9 Å². The van der Waals surface area contributed by atoms with Gasteiger partial charge in [-0.1, -0.05) is 19.1 Å². The Labute approximate surface area is 140 Å². The van der Waals surface area contributed by atoms with Gasteiger partial charge in [0.1, 0.15) is 0 Å². The summed E-state index contributed by atoms with van der Waals surface area (Å²) in [6.07, 6.45) is 4.59. The van der Waals surface area contributed by atoms with E-state index >= 15 is 0 Å². The zero-order chi connectivity index (χ0) is 15.9. The van der Waals surface area contributed by atoms with Gasteiger partial charge in [0.25, 0.3) is 0 Å². The molecule has 2 N–H and O–H groups in total. The quantitative estimate of drug-likeness (QED) is 0.690. The number of nitrogens with zero attached hydrogens (tertiary/aromatic N) is 2. The second-order valence-electron chi connectivity index (χ2n) is 5.28. The topological polar surface area (TPSA) is 49.8 Å². The molecule has 0 aliphatic rings. The minimum atomic E-state index is 0.819. The van der Waals surface area contributed by atoms with Gasteiger partial charge < -0.3 is 10.6 Å². The first-order chi connectivity index (χ1) is 11.3. The molecule has 23 heavy (non-hydrogen) atoms. The Morgan fingerprint density at radius 3 is 2.48 bits per heavy atom. The van der Waals surface area contributed by atoms with E-state index in [-0.39, 0.29) is 0 Å². The predicted octanol–water partition coefficient (Wildman–Crippen LogP) is 3.98. The molecule has 0 aliphatic carbocycles. The van der Waals surface area contributed by atoms with Crippen molar-refractivity contribution in [1.82, 2.24) is 15.3 Å². The second kappa shape index (κ2) is 7.85. The number of rotatable bonds is 7. The van der Waals surface area contributed by atoms with E-state index < -0.39 is 0 Å². The van der Waals surface area contributed by atoms with Crippen LogP contribution in [0.4, 0.5) is 10.8 Å². The summed E-state index contributed by atoms with van der Waals surface area (Å²) in [6.45, 7) is 3.87. The standard InChI is InChI=1S/C18H20N4S/c1-2-19-12-17-13-23-18(22-17)21-16-5-3-14(4-6-16)11-15-7-9-20-10-8-15/h3-10,13,19H,2,11-12H2,1H3,(H,21,22). The van der Waals surface area contributed by atoms with Crippen molar-refractivity contribution < 1.29 is 0 Å². The van der Waals surface area contributed by atoms with Gasteiger partial charge in [0.2, 0.25) is 0 Å². The third-order valence-corrected chi connectivity index (χ3v) is 4.28. The molecule has 0 spiro atoms. The molecule has 0 saturated heterocycles. The van der Waals surface area contributed by atoms with Crippen molar-refractivity contribution in [3.05, 3.63) is 71.0 Å². The van der Waals surface area contributed by atoms with E-state index in [1.807, 2.05) is 24.5 Å². The average molecular weight is 324 g/mol. The number of hydrogen-bond donors (Lipinski definition) is 2. The summed E-state index contributed by atoms with van der Waals surface area (Å²) in [4.78, 5) is 8.62. The molecule has 1 aromatic carbocycles. The first-order valence-corrected chi connectivity index (χ1v) is 8.61. The lowest BCUT2D eigenvalue weighted by Gasteiger charge is -2.05. The summed E-state index contributed by atoms with van der Waals surface area (Å²) >= 11 is 1.63. The van der Waals surface area contributed by atoms with E-state index in [0.29, 0.717) is 0 Å². The monoisotopic (exact) mass is 324 g/mol. The van der Waals surface area contributed by atoms with Crippen LogP contribution in [0.25, 0.3) is 0 Å². The van der Waals surface area contributed by atoms with Gasteiger partial charge >= 0.3 is 0 Å². The highest BCUT2D eigenvalue weighted by molar-refractivity contribution is 7.13. The lowest BCUT2D eigenvalue weighted by molar-refractivity contribution is 0.715. The van der Waals surface area contributed by atoms with Crippen LogP contribution >= 0.6 is 11.3 Å². The van der Waals surface area contributed by atoms with Crippen LogP contribution < -0.4 is 10.6 Å². The molecule has 3 rings (SSSR count). The molecule has 4 nitrogen and oxygen atoms in total. The molecule has 5 heteroatoms. The number of nitrogens with one attached hydrogen (secondary N) is 2. The molecule has 2 heterocycles. The lowest BCUT2D eigenvalue weighted by Crippen LogP contribution is -2.11. The highest BCUT2D eigenvalue weighted by Gasteiger charge is 2.02. The Hall–Kier alpha value is -2.24. The fraction of sp³-hybridized carbons (Fsp3) is 0.222. The maximum Gasteiger partial charge on any atom is 0.187 e. The van der Waals surface area contributed by atoms with Gasteiger partial charge in [-0.3, -0.25) is 4.98 Å². The van der Waals surface area contributed by atoms with Crippen LogP contribution in [0.5, 0.6) is 0 Å². The zero-order valence-corrected chi connectivity index (χ0v) is 13.9. The summed E-state index contributed by atoms with van der Waals surface area (Å²) in [5.74, 6) is 0. The molecule has 0 aliphatic heterocycles. The second-order valence-corrected chi connectivity index (χ2v) is 6.14. The van der Waals surface area contributed by atoms with Gasteiger partial charge in [0, 0.05) is 30.0 Å². The van der Waals surface area contributed by atoms with Crippen LogP contribution in [0.3, 0.4) is 0 Å². The van der Waals surface area contributed by atoms with Crippen LogP contribution in [0.1, 0.15) is 23.7 Å². The van der Waals surface area contributed by atoms with Crippen molar-refractivity contribution in [2.24, 2.45) is 0 Å². The number of hydrogen-bond acceptors (Lipinski definition) is 5. The highest BCUT2D eigenvalue weighted by atomic mass is 32.1. The number of benzene rings is 1. The SMILES string of the molecule is CCNCc1csc(Nc2ccc(Cc3ccncc3)cc2)n1. The maximum atomic E-state index is 4.57. The van der Waals surface area contributed by atoms with Gasteiger partial charge in [-0.05, 0) is 48.4 Å². The molecule has 118 valence electrons. The third-order valence-electron chi connectivity index (χ3n) is 3.47. The van der Waals surface area contributed by atoms with Crippen molar-refractivity contribution in [1.29, 1.82) is 0 Å². The Kier molecular flexibility index (Phi) is 5.34. The predicted molar refractivity (Wildman–Crippen MR) is 96.3 cm³/mol. The lowest BCUT2D eigenvalue weighted by atomic mass is 10.1. The van der Waals surface area contributed by atoms with Gasteiger partial charge in [-0.15, -0.1) is 11.3 Å². The number of pyridine rings is 1. The fourth-order valence-electron chi connectivity index (χ4n) is 2.26. The minimum absolute atomic E-state index is 0.819. The summed E-state index contributed by atoms with van der Waals surface area (Å²) < 4.78 is 0. The Bertz CT molecular complexity index is 722. The molecule has 0 unspecified atom stereocenters. The molecule has 2 aromatic heterocycles. The average Bonchev–Trinajstić information content (AvgIpc) is 3.03. The minimum Gasteiger partial charge on any atom is -0.332 e. The van der Waals surface area contributed by atoms with E-state index in [9.17, 15) is 0 Å². The van der Waals surface area contributed by atoms with E-state index in [1.54, 1.807) is 11.3 Å². The first kappa shape index (κ1) is 15.6. The smallest absolute Gasteiger partial charge is 0.187 e. The summed E-state index contributed by atoms with van der Waals surface area (Å²) in [5, 5.41) is 9.66. The Morgan fingerprint density at radius 2 is 1.74 bits per heavy atom. The van der Waals surface area contributed by atoms with Crippen LogP contribution in [0, 0.1) is 0 Å². The van der Waals surface area contributed by atoms with Gasteiger partial charge in [-0.2, -0.15) is 0 Å². The van der Waals surface area contributed by atoms with Crippen molar-refractivity contribution >= 4 is 22.2 Å². The van der Waals surface area contributed by atoms with Crippen LogP contribution in [0.15, 0.2) is 54.2 Å². The van der Waals surface area contributed by atoms with E-state index in [1.165, 1.54) is 11.1 Å². The molecule has 0 saturated carbocycles. The zero-order valence-electron chi connectivity index (χ0n) is 13.1. The summed E-state index contributed by atoms with van der Waals surface area (Å²) in [5.41, 5.74) is 4.70. The molecule has 3 aromatic rings. The van der Waals surface area contributed by atoms with Crippen LogP contribution in [-0.4, -0.2) is 16.5 Å². The van der Waals surface area contributed by atoms with Crippen molar-refractivity contribution in [3.8, 4) is 0 Å². The van der Waals surface area contributed by atoms with Gasteiger partial charge in [0.05, 0.1) is 5.69 Å². The van der Waals surface area contributed by atoms with E-state index in [2.05, 4.69) is 57.2 Å². The molecule has 0 atom stereocenters. The Morgan fingerprint density at radius 1 is 1.00 bits per heavy atom. The highest BCUT2D eigenvalue weighted by Crippen LogP contribution is 2.21. The van der Waals surface area contributed by atoms with Crippen molar-refractivity contribution in [2.75, 3.05) is 11.9 Å². The largest absolute Gasteiger partial charge is 0.332 e. The normalized spacial score (nSPS) is 10.7. The molecule has 0 radical (unpaired) electrons. The van der Waals surface area contributed by atoms with Gasteiger partial charge in [-0.25, -0.2) is 4.98 Å². The van der Waals surface area contributed by atoms with Crippen LogP contribution in [0.2, 0.25) is 0 Å². The first-order valence-electron chi connectivity index (χ1n) is 7.73. The molecule has 0 bridgehead atoms. The number of thiazole rings is 1. The molecule has 0 amide bonds. The molecular weight excluding hydrogens is 304 g/mol. The van der Waals surface area contributed by atoms with Gasteiger partial charge in [0.15, 0.2) is 5.13 Å². The van der Waals surface area contributed by atoms with Crippen molar-refractivity contribution in [3.63, 3.8) is 0 Å². The summed E-state index contributed by atoms with van der Waals surface area (Å²) in [7, 11) is 0. The fourth-order valence-corrected chi connectivity index (χ4v) is 2.99. The molecule has 0 fully saturated rings. The van der Waals surface area contributed by atoms with Crippen LogP contribution in [-0.2, 0) is 13.0 Å². The van der Waals surface area contributed by atoms with E-state index in [4.69, 9.17) is 0 Å². The Balaban J connectivity index is 1.60. The maximum absolute atomic E-state index is 4.57. The summed E-state index contributed by atoms with van der Waals surface area (Å²) in [6, 6.07) is 12.6. The third kappa shape index (κ3) is 4.61.